The molecule has 1 unspecified atom stereocenters. The van der Waals surface area contributed by atoms with Crippen LogP contribution >= 0.6 is 12.4 Å². The van der Waals surface area contributed by atoms with E-state index in [1.807, 2.05) is 0 Å². The van der Waals surface area contributed by atoms with E-state index in [4.69, 9.17) is 0 Å². The Morgan fingerprint density at radius 1 is 1.25 bits per heavy atom. The van der Waals surface area contributed by atoms with E-state index >= 15 is 0 Å². The first-order chi connectivity index (χ1) is 7.09. The van der Waals surface area contributed by atoms with Gasteiger partial charge in [0, 0.05) is 19.1 Å². The number of nitrogens with one attached hydrogen (secondary N) is 1. The normalized spacial score (nSPS) is 21.6. The Bertz CT molecular complexity index is 165. The first-order valence-corrected chi connectivity index (χ1v) is 6.54. The third-order valence-electron chi connectivity index (χ3n) is 3.22. The second-order valence-corrected chi connectivity index (χ2v) is 5.65. The summed E-state index contributed by atoms with van der Waals surface area (Å²) in [6.45, 7) is 14.2. The summed E-state index contributed by atoms with van der Waals surface area (Å²) in [6.07, 6.45) is 2.77. The Hall–Kier alpha value is 0.210. The molecule has 0 aromatic carbocycles. The molecule has 16 heavy (non-hydrogen) atoms. The van der Waals surface area contributed by atoms with E-state index in [1.165, 1.54) is 39.0 Å². The van der Waals surface area contributed by atoms with Gasteiger partial charge in [0.1, 0.15) is 0 Å². The number of halogens is 1. The molecule has 1 rings (SSSR count). The van der Waals surface area contributed by atoms with Gasteiger partial charge in [0.05, 0.1) is 0 Å². The fraction of sp³-hybridized carbons (Fsp3) is 1.00. The molecule has 0 aromatic rings. The summed E-state index contributed by atoms with van der Waals surface area (Å²) in [4.78, 5) is 2.64. The second-order valence-electron chi connectivity index (χ2n) is 5.65. The van der Waals surface area contributed by atoms with E-state index in [1.54, 1.807) is 0 Å². The van der Waals surface area contributed by atoms with Crippen molar-refractivity contribution in [3.63, 3.8) is 0 Å². The molecule has 0 amide bonds. The lowest BCUT2D eigenvalue weighted by Gasteiger charge is -2.33. The monoisotopic (exact) mass is 248 g/mol. The van der Waals surface area contributed by atoms with Crippen molar-refractivity contribution >= 4 is 12.4 Å². The van der Waals surface area contributed by atoms with E-state index in [2.05, 4.69) is 37.9 Å². The third kappa shape index (κ3) is 6.07. The first-order valence-electron chi connectivity index (χ1n) is 6.54. The average Bonchev–Trinajstić information content (AvgIpc) is 2.17. The minimum Gasteiger partial charge on any atom is -0.316 e. The zero-order chi connectivity index (χ0) is 11.3. The van der Waals surface area contributed by atoms with Crippen LogP contribution < -0.4 is 5.32 Å². The lowest BCUT2D eigenvalue weighted by Crippen LogP contribution is -2.42. The number of nitrogens with zero attached hydrogens (tertiary/aromatic N) is 1. The molecule has 0 bridgehead atoms. The maximum absolute atomic E-state index is 3.51. The molecule has 2 nitrogen and oxygen atoms in total. The van der Waals surface area contributed by atoms with Gasteiger partial charge in [0.25, 0.3) is 0 Å². The predicted octanol–water partition coefficient (Wildman–Crippen LogP) is 2.77. The lowest BCUT2D eigenvalue weighted by atomic mass is 9.98. The molecular formula is C13H29ClN2. The number of rotatable bonds is 5. The molecule has 0 spiro atoms. The zero-order valence-corrected chi connectivity index (χ0v) is 12.1. The van der Waals surface area contributed by atoms with Gasteiger partial charge in [-0.15, -0.1) is 12.4 Å². The van der Waals surface area contributed by atoms with E-state index in [0.717, 1.165) is 11.8 Å². The minimum absolute atomic E-state index is 0. The van der Waals surface area contributed by atoms with Crippen molar-refractivity contribution in [1.82, 2.24) is 10.2 Å². The molecule has 0 aliphatic carbocycles. The molecule has 1 aliphatic rings. The molecule has 1 N–H and O–H groups in total. The quantitative estimate of drug-likeness (QED) is 0.805. The summed E-state index contributed by atoms with van der Waals surface area (Å²) in [5.41, 5.74) is 0. The van der Waals surface area contributed by atoms with Gasteiger partial charge in [-0.1, -0.05) is 13.8 Å². The van der Waals surface area contributed by atoms with Gasteiger partial charge in [0.2, 0.25) is 0 Å². The Balaban J connectivity index is 0.00000225. The van der Waals surface area contributed by atoms with Gasteiger partial charge in [0.15, 0.2) is 0 Å². The largest absolute Gasteiger partial charge is 0.316 e. The molecule has 0 saturated carbocycles. The van der Waals surface area contributed by atoms with Crippen LogP contribution in [0.2, 0.25) is 0 Å². The van der Waals surface area contributed by atoms with Crippen molar-refractivity contribution in [2.24, 2.45) is 11.8 Å². The summed E-state index contributed by atoms with van der Waals surface area (Å²) in [5.74, 6) is 1.66. The van der Waals surface area contributed by atoms with Gasteiger partial charge in [-0.25, -0.2) is 0 Å². The molecule has 1 heterocycles. The van der Waals surface area contributed by atoms with Crippen LogP contribution in [-0.4, -0.2) is 37.1 Å². The smallest absolute Gasteiger partial charge is 0.00388 e. The van der Waals surface area contributed by atoms with Gasteiger partial charge in [-0.3, -0.25) is 0 Å². The number of hydrogen-bond acceptors (Lipinski definition) is 2. The van der Waals surface area contributed by atoms with Crippen molar-refractivity contribution < 1.29 is 0 Å². The molecule has 1 atom stereocenters. The number of piperidine rings is 1. The van der Waals surface area contributed by atoms with Crippen molar-refractivity contribution in [3.05, 3.63) is 0 Å². The van der Waals surface area contributed by atoms with Gasteiger partial charge in [-0.05, 0) is 51.6 Å². The third-order valence-corrected chi connectivity index (χ3v) is 3.22. The Morgan fingerprint density at radius 2 is 1.94 bits per heavy atom. The molecular weight excluding hydrogens is 220 g/mol. The topological polar surface area (TPSA) is 15.3 Å². The summed E-state index contributed by atoms with van der Waals surface area (Å²) < 4.78 is 0. The van der Waals surface area contributed by atoms with Crippen molar-refractivity contribution in [3.8, 4) is 0 Å². The van der Waals surface area contributed by atoms with Crippen LogP contribution in [0, 0.1) is 11.8 Å². The maximum Gasteiger partial charge on any atom is 0.00388 e. The summed E-state index contributed by atoms with van der Waals surface area (Å²) in [7, 11) is 0. The molecule has 1 aliphatic heterocycles. The molecule has 1 saturated heterocycles. The fourth-order valence-corrected chi connectivity index (χ4v) is 2.38. The van der Waals surface area contributed by atoms with Crippen LogP contribution in [0.1, 0.15) is 40.5 Å². The highest BCUT2D eigenvalue weighted by molar-refractivity contribution is 5.85. The predicted molar refractivity (Wildman–Crippen MR) is 74.4 cm³/mol. The van der Waals surface area contributed by atoms with Crippen molar-refractivity contribution in [2.75, 3.05) is 26.2 Å². The van der Waals surface area contributed by atoms with Crippen LogP contribution in [0.4, 0.5) is 0 Å². The highest BCUT2D eigenvalue weighted by Crippen LogP contribution is 2.14. The summed E-state index contributed by atoms with van der Waals surface area (Å²) in [5, 5.41) is 3.51. The standard InChI is InChI=1S/C13H28N2.ClH/c1-11(2)9-15(12(3)4)10-13-6-5-7-14-8-13;/h11-14H,5-10H2,1-4H3;1H. The Labute approximate surface area is 108 Å². The molecule has 0 aromatic heterocycles. The summed E-state index contributed by atoms with van der Waals surface area (Å²) >= 11 is 0. The first kappa shape index (κ1) is 16.2. The van der Waals surface area contributed by atoms with Crippen LogP contribution in [-0.2, 0) is 0 Å². The SMILES string of the molecule is CC(C)CN(CC1CCCNC1)C(C)C.Cl. The van der Waals surface area contributed by atoms with Crippen molar-refractivity contribution in [1.29, 1.82) is 0 Å². The van der Waals surface area contributed by atoms with Gasteiger partial charge >= 0.3 is 0 Å². The molecule has 98 valence electrons. The van der Waals surface area contributed by atoms with Crippen LogP contribution in [0.25, 0.3) is 0 Å². The van der Waals surface area contributed by atoms with Crippen LogP contribution in [0.3, 0.4) is 0 Å². The number of hydrogen-bond donors (Lipinski definition) is 1. The second kappa shape index (κ2) is 8.32. The van der Waals surface area contributed by atoms with Crippen LogP contribution in [0.5, 0.6) is 0 Å². The minimum atomic E-state index is 0. The molecule has 3 heteroatoms. The summed E-state index contributed by atoms with van der Waals surface area (Å²) in [6, 6.07) is 0.689. The molecule has 1 fully saturated rings. The highest BCUT2D eigenvalue weighted by atomic mass is 35.5. The Kier molecular flexibility index (Phi) is 8.43. The lowest BCUT2D eigenvalue weighted by molar-refractivity contribution is 0.155. The highest BCUT2D eigenvalue weighted by Gasteiger charge is 2.19. The zero-order valence-electron chi connectivity index (χ0n) is 11.3. The van der Waals surface area contributed by atoms with E-state index < -0.39 is 0 Å². The van der Waals surface area contributed by atoms with Crippen LogP contribution in [0.15, 0.2) is 0 Å². The van der Waals surface area contributed by atoms with E-state index in [-0.39, 0.29) is 12.4 Å². The van der Waals surface area contributed by atoms with Crippen molar-refractivity contribution in [2.45, 2.75) is 46.6 Å². The van der Waals surface area contributed by atoms with E-state index in [0.29, 0.717) is 6.04 Å². The van der Waals surface area contributed by atoms with Gasteiger partial charge in [-0.2, -0.15) is 0 Å². The molecule has 0 radical (unpaired) electrons. The fourth-order valence-electron chi connectivity index (χ4n) is 2.38. The average molecular weight is 249 g/mol. The van der Waals surface area contributed by atoms with E-state index in [9.17, 15) is 0 Å². The Morgan fingerprint density at radius 3 is 2.38 bits per heavy atom. The maximum atomic E-state index is 3.51. The van der Waals surface area contributed by atoms with Gasteiger partial charge < -0.3 is 10.2 Å².